The number of aliphatic carboxylic acids is 1. The first-order valence-electron chi connectivity index (χ1n) is 10.9. The number of hydrogen-bond acceptors (Lipinski definition) is 5. The number of piperidine rings is 1. The number of likely N-dealkylation sites (tertiary alicyclic amines) is 1. The fourth-order valence-electron chi connectivity index (χ4n) is 4.30. The molecule has 1 aliphatic rings. The summed E-state index contributed by atoms with van der Waals surface area (Å²) in [6, 6.07) is 18.3. The molecule has 0 saturated carbocycles. The molecule has 168 valence electrons. The Labute approximate surface area is 193 Å². The number of thiophene rings is 1. The van der Waals surface area contributed by atoms with Crippen LogP contribution >= 0.6 is 11.3 Å². The maximum Gasteiger partial charge on any atom is 0.307 e. The molecule has 1 saturated heterocycles. The molecule has 4 rings (SSSR count). The Morgan fingerprint density at radius 2 is 2.00 bits per heavy atom. The largest absolute Gasteiger partial charge is 0.493 e. The van der Waals surface area contributed by atoms with Crippen molar-refractivity contribution in [2.75, 3.05) is 20.2 Å². The Bertz CT molecular complexity index is 1050. The first-order chi connectivity index (χ1) is 15.5. The standard InChI is InChI=1S/C26H29NO4S/c1-18-13-24(32-17-18)25(27-12-6-9-21(15-27)26(28)29)20-10-11-22(23(14-20)30-2)31-16-19-7-4-3-5-8-19/h3-5,7-8,10-11,13-14,17,21,25H,6,9,12,15-16H2,1-2H3,(H,28,29). The zero-order valence-corrected chi connectivity index (χ0v) is 19.3. The summed E-state index contributed by atoms with van der Waals surface area (Å²) >= 11 is 1.72. The zero-order valence-electron chi connectivity index (χ0n) is 18.5. The van der Waals surface area contributed by atoms with Crippen LogP contribution in [-0.2, 0) is 11.4 Å². The number of methoxy groups -OCH3 is 1. The summed E-state index contributed by atoms with van der Waals surface area (Å²) < 4.78 is 11.7. The van der Waals surface area contributed by atoms with Crippen molar-refractivity contribution >= 4 is 17.3 Å². The Morgan fingerprint density at radius 1 is 1.19 bits per heavy atom. The molecule has 1 fully saturated rings. The van der Waals surface area contributed by atoms with Crippen LogP contribution in [-0.4, -0.2) is 36.2 Å². The molecule has 0 radical (unpaired) electrons. The van der Waals surface area contributed by atoms with Gasteiger partial charge in [0.05, 0.1) is 19.1 Å². The van der Waals surface area contributed by atoms with Gasteiger partial charge in [-0.1, -0.05) is 36.4 Å². The van der Waals surface area contributed by atoms with E-state index in [1.165, 1.54) is 10.4 Å². The minimum atomic E-state index is -0.710. The van der Waals surface area contributed by atoms with Crippen molar-refractivity contribution in [1.29, 1.82) is 0 Å². The normalized spacial score (nSPS) is 17.6. The quantitative estimate of drug-likeness (QED) is 0.488. The van der Waals surface area contributed by atoms with Crippen molar-refractivity contribution < 1.29 is 19.4 Å². The molecular weight excluding hydrogens is 422 g/mol. The topological polar surface area (TPSA) is 59.0 Å². The predicted molar refractivity (Wildman–Crippen MR) is 127 cm³/mol. The van der Waals surface area contributed by atoms with E-state index in [1.807, 2.05) is 42.5 Å². The van der Waals surface area contributed by atoms with Gasteiger partial charge in [-0.25, -0.2) is 0 Å². The number of carboxylic acids is 1. The molecule has 0 spiro atoms. The molecule has 2 unspecified atom stereocenters. The maximum atomic E-state index is 11.7. The van der Waals surface area contributed by atoms with E-state index in [4.69, 9.17) is 9.47 Å². The van der Waals surface area contributed by atoms with E-state index in [0.29, 0.717) is 24.7 Å². The van der Waals surface area contributed by atoms with Crippen LogP contribution in [0.3, 0.4) is 0 Å². The van der Waals surface area contributed by atoms with Gasteiger partial charge in [0.25, 0.3) is 0 Å². The lowest BCUT2D eigenvalue weighted by atomic mass is 9.94. The van der Waals surface area contributed by atoms with Gasteiger partial charge in [-0.15, -0.1) is 11.3 Å². The van der Waals surface area contributed by atoms with Crippen LogP contribution in [0.15, 0.2) is 60.0 Å². The van der Waals surface area contributed by atoms with Gasteiger partial charge < -0.3 is 14.6 Å². The number of hydrogen-bond donors (Lipinski definition) is 1. The number of ether oxygens (including phenoxy) is 2. The predicted octanol–water partition coefficient (Wildman–Crippen LogP) is 5.53. The van der Waals surface area contributed by atoms with E-state index in [1.54, 1.807) is 18.4 Å². The van der Waals surface area contributed by atoms with Crippen LogP contribution in [0.4, 0.5) is 0 Å². The summed E-state index contributed by atoms with van der Waals surface area (Å²) in [5.41, 5.74) is 3.40. The Hall–Kier alpha value is -2.83. The summed E-state index contributed by atoms with van der Waals surface area (Å²) in [6.07, 6.45) is 1.62. The van der Waals surface area contributed by atoms with Crippen LogP contribution < -0.4 is 9.47 Å². The second-order valence-electron chi connectivity index (χ2n) is 8.29. The minimum absolute atomic E-state index is 0.00655. The summed E-state index contributed by atoms with van der Waals surface area (Å²) in [7, 11) is 1.65. The average Bonchev–Trinajstić information content (AvgIpc) is 3.24. The van der Waals surface area contributed by atoms with Crippen molar-refractivity contribution in [3.63, 3.8) is 0 Å². The first-order valence-corrected chi connectivity index (χ1v) is 11.8. The van der Waals surface area contributed by atoms with Crippen LogP contribution in [0, 0.1) is 12.8 Å². The van der Waals surface area contributed by atoms with Crippen molar-refractivity contribution in [1.82, 2.24) is 4.90 Å². The average molecular weight is 452 g/mol. The van der Waals surface area contributed by atoms with Crippen molar-refractivity contribution in [2.45, 2.75) is 32.4 Å². The summed E-state index contributed by atoms with van der Waals surface area (Å²) in [5.74, 6) is 0.340. The number of carbonyl (C=O) groups is 1. The van der Waals surface area contributed by atoms with Gasteiger partial charge in [0.15, 0.2) is 11.5 Å². The fraction of sp³-hybridized carbons (Fsp3) is 0.346. The van der Waals surface area contributed by atoms with Crippen LogP contribution in [0.1, 0.15) is 40.5 Å². The Morgan fingerprint density at radius 3 is 2.69 bits per heavy atom. The lowest BCUT2D eigenvalue weighted by Gasteiger charge is -2.37. The van der Waals surface area contributed by atoms with E-state index >= 15 is 0 Å². The molecule has 2 aromatic carbocycles. The minimum Gasteiger partial charge on any atom is -0.493 e. The van der Waals surface area contributed by atoms with Gasteiger partial charge in [-0.3, -0.25) is 9.69 Å². The molecule has 2 atom stereocenters. The van der Waals surface area contributed by atoms with E-state index in [0.717, 1.165) is 30.5 Å². The highest BCUT2D eigenvalue weighted by Crippen LogP contribution is 2.39. The number of carboxylic acid groups (broad SMARTS) is 1. The molecular formula is C26H29NO4S. The SMILES string of the molecule is COc1cc(C(c2cc(C)cs2)N2CCCC(C(=O)O)C2)ccc1OCc1ccccc1. The highest BCUT2D eigenvalue weighted by atomic mass is 32.1. The highest BCUT2D eigenvalue weighted by Gasteiger charge is 2.32. The molecule has 6 heteroatoms. The molecule has 0 amide bonds. The van der Waals surface area contributed by atoms with Gasteiger partial charge in [-0.2, -0.15) is 0 Å². The van der Waals surface area contributed by atoms with E-state index in [9.17, 15) is 9.90 Å². The van der Waals surface area contributed by atoms with Gasteiger partial charge >= 0.3 is 5.97 Å². The van der Waals surface area contributed by atoms with Gasteiger partial charge in [0.2, 0.25) is 0 Å². The molecule has 1 aromatic heterocycles. The monoisotopic (exact) mass is 451 g/mol. The zero-order chi connectivity index (χ0) is 22.5. The Balaban J connectivity index is 1.62. The van der Waals surface area contributed by atoms with Gasteiger partial charge in [0.1, 0.15) is 6.61 Å². The lowest BCUT2D eigenvalue weighted by molar-refractivity contribution is -0.143. The van der Waals surface area contributed by atoms with Crippen LogP contribution in [0.25, 0.3) is 0 Å². The molecule has 0 aliphatic carbocycles. The first kappa shape index (κ1) is 22.4. The van der Waals surface area contributed by atoms with E-state index in [2.05, 4.69) is 29.3 Å². The third kappa shape index (κ3) is 5.14. The lowest BCUT2D eigenvalue weighted by Crippen LogP contribution is -2.41. The maximum absolute atomic E-state index is 11.7. The molecule has 1 N–H and O–H groups in total. The second-order valence-corrected chi connectivity index (χ2v) is 9.23. The van der Waals surface area contributed by atoms with Crippen molar-refractivity contribution in [3.05, 3.63) is 81.5 Å². The highest BCUT2D eigenvalue weighted by molar-refractivity contribution is 7.10. The summed E-state index contributed by atoms with van der Waals surface area (Å²) in [4.78, 5) is 15.2. The fourth-order valence-corrected chi connectivity index (χ4v) is 5.36. The number of rotatable bonds is 8. The van der Waals surface area contributed by atoms with E-state index in [-0.39, 0.29) is 12.0 Å². The smallest absolute Gasteiger partial charge is 0.307 e. The van der Waals surface area contributed by atoms with Crippen molar-refractivity contribution in [3.8, 4) is 11.5 Å². The summed E-state index contributed by atoms with van der Waals surface area (Å²) in [6.45, 7) is 3.98. The third-order valence-electron chi connectivity index (χ3n) is 5.93. The molecule has 1 aliphatic heterocycles. The molecule has 32 heavy (non-hydrogen) atoms. The molecule has 3 aromatic rings. The summed E-state index contributed by atoms with van der Waals surface area (Å²) in [5, 5.41) is 11.7. The van der Waals surface area contributed by atoms with E-state index < -0.39 is 5.97 Å². The van der Waals surface area contributed by atoms with Crippen LogP contribution in [0.5, 0.6) is 11.5 Å². The molecule has 5 nitrogen and oxygen atoms in total. The molecule has 2 heterocycles. The van der Waals surface area contributed by atoms with Gasteiger partial charge in [0, 0.05) is 11.4 Å². The van der Waals surface area contributed by atoms with Gasteiger partial charge in [-0.05, 0) is 66.6 Å². The number of benzene rings is 2. The Kier molecular flexibility index (Phi) is 7.12. The number of nitrogens with zero attached hydrogens (tertiary/aromatic N) is 1. The van der Waals surface area contributed by atoms with Crippen LogP contribution in [0.2, 0.25) is 0 Å². The van der Waals surface area contributed by atoms with Crippen molar-refractivity contribution in [2.24, 2.45) is 5.92 Å². The molecule has 0 bridgehead atoms. The number of aryl methyl sites for hydroxylation is 1. The third-order valence-corrected chi connectivity index (χ3v) is 7.03. The second kappa shape index (κ2) is 10.2.